The molecule has 18 heavy (non-hydrogen) atoms. The first-order chi connectivity index (χ1) is 8.40. The lowest BCUT2D eigenvalue weighted by Gasteiger charge is -2.11. The normalized spacial score (nSPS) is 12.4. The number of nitrogens with zero attached hydrogens (tertiary/aromatic N) is 2. The minimum atomic E-state index is -3.94. The second kappa shape index (κ2) is 5.42. The summed E-state index contributed by atoms with van der Waals surface area (Å²) in [6, 6.07) is 7.70. The van der Waals surface area contributed by atoms with E-state index in [-0.39, 0.29) is 0 Å². The van der Waals surface area contributed by atoms with Gasteiger partial charge in [0.25, 0.3) is 0 Å². The lowest BCUT2D eigenvalue weighted by Crippen LogP contribution is -2.20. The van der Waals surface area contributed by atoms with E-state index in [9.17, 15) is 18.5 Å². The molecule has 0 radical (unpaired) electrons. The molecule has 1 atom stereocenters. The van der Waals surface area contributed by atoms with Crippen molar-refractivity contribution in [3.05, 3.63) is 58.2 Å². The third-order valence-corrected chi connectivity index (χ3v) is 4.06. The van der Waals surface area contributed by atoms with Gasteiger partial charge in [0.1, 0.15) is 5.25 Å². The smallest absolute Gasteiger partial charge is 0.263 e. The Balaban J connectivity index is 3.14. The van der Waals surface area contributed by atoms with Crippen LogP contribution >= 0.6 is 0 Å². The number of rotatable bonds is 5. The lowest BCUT2D eigenvalue weighted by molar-refractivity contribution is -0.458. The largest absolute Gasteiger partial charge is 0.302 e. The molecule has 0 N–H and O–H groups in total. The highest BCUT2D eigenvalue weighted by Gasteiger charge is 2.29. The van der Waals surface area contributed by atoms with Crippen LogP contribution in [-0.4, -0.2) is 19.2 Å². The maximum atomic E-state index is 11.7. The Morgan fingerprint density at radius 1 is 1.44 bits per heavy atom. The molecule has 1 rings (SSSR count). The van der Waals surface area contributed by atoms with Crippen LogP contribution < -0.4 is 0 Å². The van der Waals surface area contributed by atoms with Crippen molar-refractivity contribution in [1.29, 1.82) is 5.26 Å². The average molecular weight is 266 g/mol. The summed E-state index contributed by atoms with van der Waals surface area (Å²) in [5.74, 6) is -1.15. The molecule has 0 spiro atoms. The first kappa shape index (κ1) is 13.9. The van der Waals surface area contributed by atoms with Gasteiger partial charge in [0.15, 0.2) is 0 Å². The zero-order valence-electron chi connectivity index (χ0n) is 9.31. The molecule has 0 aliphatic carbocycles. The summed E-state index contributed by atoms with van der Waals surface area (Å²) in [5, 5.41) is 17.8. The first-order valence-corrected chi connectivity index (χ1v) is 6.58. The molecule has 0 amide bonds. The van der Waals surface area contributed by atoms with E-state index in [1.165, 1.54) is 24.3 Å². The highest BCUT2D eigenvalue weighted by molar-refractivity contribution is 7.91. The van der Waals surface area contributed by atoms with Gasteiger partial charge in [0.2, 0.25) is 9.84 Å². The molecule has 1 aromatic rings. The van der Waals surface area contributed by atoms with Crippen LogP contribution in [0.3, 0.4) is 0 Å². The van der Waals surface area contributed by atoms with Crippen molar-refractivity contribution in [2.45, 2.75) is 5.25 Å². The molecule has 1 unspecified atom stereocenters. The molecule has 0 aliphatic rings. The zero-order chi connectivity index (χ0) is 13.8. The maximum Gasteiger partial charge on any atom is 0.302 e. The van der Waals surface area contributed by atoms with E-state index in [1.54, 1.807) is 0 Å². The summed E-state index contributed by atoms with van der Waals surface area (Å²) in [7, 11) is -3.94. The first-order valence-electron chi connectivity index (χ1n) is 4.86. The molecule has 0 bridgehead atoms. The fourth-order valence-corrected chi connectivity index (χ4v) is 2.78. The van der Waals surface area contributed by atoms with Crippen LogP contribution in [0.4, 0.5) is 0 Å². The number of nitriles is 1. The molecule has 6 nitrogen and oxygen atoms in total. The average Bonchev–Trinajstić information content (AvgIpc) is 2.28. The summed E-state index contributed by atoms with van der Waals surface area (Å²) in [6.45, 7) is 3.39. The van der Waals surface area contributed by atoms with Crippen molar-refractivity contribution >= 4 is 9.84 Å². The van der Waals surface area contributed by atoms with Gasteiger partial charge in [-0.3, -0.25) is 10.1 Å². The molecule has 0 saturated carbocycles. The predicted octanol–water partition coefficient (Wildman–Crippen LogP) is 1.43. The minimum absolute atomic E-state index is 0.353. The van der Waals surface area contributed by atoms with Gasteiger partial charge < -0.3 is 0 Å². The highest BCUT2D eigenvalue weighted by Crippen LogP contribution is 2.24. The Morgan fingerprint density at radius 2 is 2.00 bits per heavy atom. The Bertz CT molecular complexity index is 599. The van der Waals surface area contributed by atoms with Crippen molar-refractivity contribution < 1.29 is 13.3 Å². The molecular weight excluding hydrogens is 256 g/mol. The quantitative estimate of drug-likeness (QED) is 0.456. The van der Waals surface area contributed by atoms with Gasteiger partial charge in [-0.05, 0) is 17.7 Å². The highest BCUT2D eigenvalue weighted by atomic mass is 32.2. The maximum absolute atomic E-state index is 11.7. The van der Waals surface area contributed by atoms with E-state index in [4.69, 9.17) is 5.26 Å². The Kier molecular flexibility index (Phi) is 4.18. The second-order valence-corrected chi connectivity index (χ2v) is 5.61. The summed E-state index contributed by atoms with van der Waals surface area (Å²) in [6.07, 6.45) is 1.14. The van der Waals surface area contributed by atoms with E-state index in [0.717, 1.165) is 6.08 Å². The van der Waals surface area contributed by atoms with Gasteiger partial charge in [-0.15, -0.1) is 6.58 Å². The van der Waals surface area contributed by atoms with Gasteiger partial charge in [0, 0.05) is 4.92 Å². The molecule has 0 aliphatic heterocycles. The van der Waals surface area contributed by atoms with Crippen LogP contribution in [0.2, 0.25) is 0 Å². The molecule has 0 aromatic heterocycles. The molecule has 0 fully saturated rings. The van der Waals surface area contributed by atoms with Crippen LogP contribution in [0, 0.1) is 21.4 Å². The number of hydrogen-bond acceptors (Lipinski definition) is 5. The van der Waals surface area contributed by atoms with Gasteiger partial charge in [-0.2, -0.15) is 5.26 Å². The molecule has 0 saturated heterocycles. The number of sulfone groups is 1. The SMILES string of the molecule is C=CC(c1ccc(C#N)cc1)S(=O)(=O)C[N+](=O)[O-]. The molecular formula is C11H10N2O4S. The number of benzene rings is 1. The van der Waals surface area contributed by atoms with E-state index in [2.05, 4.69) is 6.58 Å². The van der Waals surface area contributed by atoms with Crippen LogP contribution in [0.15, 0.2) is 36.9 Å². The zero-order valence-corrected chi connectivity index (χ0v) is 10.1. The van der Waals surface area contributed by atoms with Crippen molar-refractivity contribution in [2.24, 2.45) is 0 Å². The monoisotopic (exact) mass is 266 g/mol. The minimum Gasteiger partial charge on any atom is -0.263 e. The van der Waals surface area contributed by atoms with Crippen LogP contribution in [0.25, 0.3) is 0 Å². The van der Waals surface area contributed by atoms with E-state index >= 15 is 0 Å². The predicted molar refractivity (Wildman–Crippen MR) is 64.9 cm³/mol. The van der Waals surface area contributed by atoms with Crippen LogP contribution in [-0.2, 0) is 9.84 Å². The third-order valence-electron chi connectivity index (χ3n) is 2.25. The second-order valence-electron chi connectivity index (χ2n) is 3.51. The third kappa shape index (κ3) is 3.15. The number of hydrogen-bond donors (Lipinski definition) is 0. The van der Waals surface area contributed by atoms with Crippen LogP contribution in [0.1, 0.15) is 16.4 Å². The molecule has 94 valence electrons. The summed E-state index contributed by atoms with van der Waals surface area (Å²) in [4.78, 5) is 9.42. The standard InChI is InChI=1S/C11H10N2O4S/c1-2-11(18(16,17)8-13(14)15)10-5-3-9(7-12)4-6-10/h2-6,11H,1,8H2. The topological polar surface area (TPSA) is 101 Å². The van der Waals surface area contributed by atoms with Crippen molar-refractivity contribution in [2.75, 3.05) is 5.88 Å². The lowest BCUT2D eigenvalue weighted by atomic mass is 10.1. The fourth-order valence-electron chi connectivity index (χ4n) is 1.46. The summed E-state index contributed by atoms with van der Waals surface area (Å²) >= 11 is 0. The van der Waals surface area contributed by atoms with Crippen molar-refractivity contribution in [3.63, 3.8) is 0 Å². The van der Waals surface area contributed by atoms with Crippen LogP contribution in [0.5, 0.6) is 0 Å². The Hall–Kier alpha value is -2.20. The van der Waals surface area contributed by atoms with Gasteiger partial charge >= 0.3 is 5.88 Å². The Labute approximate surface area is 104 Å². The molecule has 0 heterocycles. The molecule has 7 heteroatoms. The summed E-state index contributed by atoms with van der Waals surface area (Å²) in [5.41, 5.74) is 0.735. The fraction of sp³-hybridized carbons (Fsp3) is 0.182. The number of nitro groups is 1. The molecule has 1 aromatic carbocycles. The van der Waals surface area contributed by atoms with Gasteiger partial charge in [-0.1, -0.05) is 18.2 Å². The summed E-state index contributed by atoms with van der Waals surface area (Å²) < 4.78 is 23.5. The van der Waals surface area contributed by atoms with Crippen molar-refractivity contribution in [1.82, 2.24) is 0 Å². The Morgan fingerprint density at radius 3 is 2.39 bits per heavy atom. The van der Waals surface area contributed by atoms with Gasteiger partial charge in [-0.25, -0.2) is 8.42 Å². The van der Waals surface area contributed by atoms with Gasteiger partial charge in [0.05, 0.1) is 11.6 Å². The van der Waals surface area contributed by atoms with E-state index < -0.39 is 25.9 Å². The van der Waals surface area contributed by atoms with Crippen molar-refractivity contribution in [3.8, 4) is 6.07 Å². The van der Waals surface area contributed by atoms with E-state index in [0.29, 0.717) is 11.1 Å². The van der Waals surface area contributed by atoms with E-state index in [1.807, 2.05) is 6.07 Å².